The Morgan fingerprint density at radius 2 is 1.88 bits per heavy atom. The Morgan fingerprint density at radius 1 is 1.08 bits per heavy atom. The van der Waals surface area contributed by atoms with E-state index in [1.165, 1.54) is 5.56 Å². The van der Waals surface area contributed by atoms with Gasteiger partial charge in [-0.3, -0.25) is 9.69 Å². The molecule has 2 aromatic heterocycles. The second-order valence-electron chi connectivity index (χ2n) is 7.06. The summed E-state index contributed by atoms with van der Waals surface area (Å²) in [5, 5.41) is 0. The van der Waals surface area contributed by atoms with Gasteiger partial charge in [-0.15, -0.1) is 0 Å². The van der Waals surface area contributed by atoms with Gasteiger partial charge in [-0.05, 0) is 31.0 Å². The van der Waals surface area contributed by atoms with Crippen molar-refractivity contribution >= 4 is 11.6 Å². The molecular formula is C21H24N4O. The molecule has 5 heteroatoms. The summed E-state index contributed by atoms with van der Waals surface area (Å²) in [5.74, 6) is 0.194. The molecule has 1 atom stereocenters. The van der Waals surface area contributed by atoms with Crippen LogP contribution in [-0.2, 0) is 17.8 Å². The Morgan fingerprint density at radius 3 is 2.65 bits per heavy atom. The minimum atomic E-state index is -0.137. The van der Waals surface area contributed by atoms with Crippen molar-refractivity contribution in [1.82, 2.24) is 19.2 Å². The molecule has 0 aliphatic carbocycles. The zero-order valence-corrected chi connectivity index (χ0v) is 15.3. The topological polar surface area (TPSA) is 40.9 Å². The number of carbonyl (C=O) groups is 1. The van der Waals surface area contributed by atoms with E-state index in [0.29, 0.717) is 6.54 Å². The van der Waals surface area contributed by atoms with E-state index < -0.39 is 0 Å². The largest absolute Gasteiger partial charge is 0.343 e. The fourth-order valence-corrected chi connectivity index (χ4v) is 3.68. The number of aromatic nitrogens is 2. The molecule has 134 valence electrons. The summed E-state index contributed by atoms with van der Waals surface area (Å²) < 4.78 is 2.11. The molecule has 0 spiro atoms. The molecule has 0 radical (unpaired) electrons. The fourth-order valence-electron chi connectivity index (χ4n) is 3.68. The average molecular weight is 348 g/mol. The Labute approximate surface area is 153 Å². The van der Waals surface area contributed by atoms with Crippen LogP contribution in [0, 0.1) is 6.92 Å². The van der Waals surface area contributed by atoms with Crippen LogP contribution in [0.15, 0.2) is 54.7 Å². The second-order valence-corrected chi connectivity index (χ2v) is 7.06. The van der Waals surface area contributed by atoms with Gasteiger partial charge in [-0.2, -0.15) is 0 Å². The highest BCUT2D eigenvalue weighted by Crippen LogP contribution is 2.19. The van der Waals surface area contributed by atoms with Gasteiger partial charge in [-0.25, -0.2) is 4.98 Å². The number of aryl methyl sites for hydroxylation is 1. The molecule has 5 nitrogen and oxygen atoms in total. The summed E-state index contributed by atoms with van der Waals surface area (Å²) >= 11 is 0. The van der Waals surface area contributed by atoms with E-state index in [4.69, 9.17) is 4.98 Å². The van der Waals surface area contributed by atoms with Gasteiger partial charge in [-0.1, -0.05) is 36.4 Å². The third-order valence-corrected chi connectivity index (χ3v) is 5.21. The van der Waals surface area contributed by atoms with Crippen molar-refractivity contribution in [2.75, 3.05) is 20.1 Å². The number of fused-ring (bicyclic) bond motifs is 1. The highest BCUT2D eigenvalue weighted by atomic mass is 16.2. The summed E-state index contributed by atoms with van der Waals surface area (Å²) in [7, 11) is 1.89. The number of amides is 1. The van der Waals surface area contributed by atoms with E-state index in [-0.39, 0.29) is 11.9 Å². The number of hydrogen-bond acceptors (Lipinski definition) is 3. The number of piperazine rings is 1. The van der Waals surface area contributed by atoms with E-state index in [1.807, 2.05) is 42.3 Å². The third-order valence-electron chi connectivity index (χ3n) is 5.21. The maximum absolute atomic E-state index is 12.8. The smallest absolute Gasteiger partial charge is 0.240 e. The average Bonchev–Trinajstić information content (AvgIpc) is 3.06. The normalized spacial score (nSPS) is 18.6. The predicted molar refractivity (Wildman–Crippen MR) is 102 cm³/mol. The molecule has 1 amide bonds. The highest BCUT2D eigenvalue weighted by molar-refractivity contribution is 5.82. The standard InChI is InChI=1S/C21H24N4O/c1-16-7-6-10-20-22-18(15-25(16)20)14-24-12-11-23(2)21(26)19(24)13-17-8-4-3-5-9-17/h3-10,15,19H,11-14H2,1-2H3. The van der Waals surface area contributed by atoms with Gasteiger partial charge < -0.3 is 9.30 Å². The number of imidazole rings is 1. The van der Waals surface area contributed by atoms with E-state index in [2.05, 4.69) is 40.6 Å². The number of hydrogen-bond donors (Lipinski definition) is 0. The first-order chi connectivity index (χ1) is 12.6. The SMILES string of the molecule is Cc1cccc2nc(CN3CCN(C)C(=O)C3Cc3ccccc3)cn12. The Kier molecular flexibility index (Phi) is 4.47. The van der Waals surface area contributed by atoms with E-state index in [0.717, 1.165) is 36.5 Å². The quantitative estimate of drug-likeness (QED) is 0.727. The fraction of sp³-hybridized carbons (Fsp3) is 0.333. The van der Waals surface area contributed by atoms with Crippen LogP contribution in [0.5, 0.6) is 0 Å². The minimum absolute atomic E-state index is 0.137. The molecule has 0 N–H and O–H groups in total. The van der Waals surface area contributed by atoms with Crippen molar-refractivity contribution in [3.63, 3.8) is 0 Å². The maximum atomic E-state index is 12.8. The van der Waals surface area contributed by atoms with Gasteiger partial charge in [0.1, 0.15) is 5.65 Å². The van der Waals surface area contributed by atoms with Crippen molar-refractivity contribution in [2.45, 2.75) is 25.9 Å². The van der Waals surface area contributed by atoms with Crippen LogP contribution in [0.2, 0.25) is 0 Å². The zero-order valence-electron chi connectivity index (χ0n) is 15.3. The van der Waals surface area contributed by atoms with Crippen molar-refractivity contribution in [3.05, 3.63) is 71.7 Å². The van der Waals surface area contributed by atoms with Gasteiger partial charge in [0.25, 0.3) is 0 Å². The number of carbonyl (C=O) groups excluding carboxylic acids is 1. The van der Waals surface area contributed by atoms with Crippen LogP contribution < -0.4 is 0 Å². The molecule has 1 aromatic carbocycles. The molecule has 1 saturated heterocycles. The van der Waals surface area contributed by atoms with Crippen LogP contribution in [0.4, 0.5) is 0 Å². The van der Waals surface area contributed by atoms with Crippen molar-refractivity contribution in [1.29, 1.82) is 0 Å². The molecule has 1 unspecified atom stereocenters. The summed E-state index contributed by atoms with van der Waals surface area (Å²) in [6, 6.07) is 16.2. The van der Waals surface area contributed by atoms with Gasteiger partial charge >= 0.3 is 0 Å². The van der Waals surface area contributed by atoms with Crippen molar-refractivity contribution in [2.24, 2.45) is 0 Å². The summed E-state index contributed by atoms with van der Waals surface area (Å²) in [5.41, 5.74) is 4.32. The molecule has 1 aliphatic rings. The zero-order chi connectivity index (χ0) is 18.1. The molecule has 1 aliphatic heterocycles. The highest BCUT2D eigenvalue weighted by Gasteiger charge is 2.33. The van der Waals surface area contributed by atoms with E-state index in [9.17, 15) is 4.79 Å². The Bertz CT molecular complexity index is 918. The lowest BCUT2D eigenvalue weighted by Gasteiger charge is -2.39. The first-order valence-electron chi connectivity index (χ1n) is 9.08. The number of likely N-dealkylation sites (N-methyl/N-ethyl adjacent to an activating group) is 1. The van der Waals surface area contributed by atoms with E-state index in [1.54, 1.807) is 0 Å². The molecule has 0 bridgehead atoms. The molecule has 1 fully saturated rings. The van der Waals surface area contributed by atoms with E-state index >= 15 is 0 Å². The Balaban J connectivity index is 1.59. The second kappa shape index (κ2) is 6.92. The lowest BCUT2D eigenvalue weighted by atomic mass is 10.0. The van der Waals surface area contributed by atoms with Crippen LogP contribution in [0.25, 0.3) is 5.65 Å². The Hall–Kier alpha value is -2.66. The van der Waals surface area contributed by atoms with Crippen LogP contribution in [0.3, 0.4) is 0 Å². The van der Waals surface area contributed by atoms with Crippen LogP contribution >= 0.6 is 0 Å². The number of pyridine rings is 1. The number of rotatable bonds is 4. The van der Waals surface area contributed by atoms with Crippen LogP contribution in [0.1, 0.15) is 17.0 Å². The molecule has 4 rings (SSSR count). The molecule has 0 saturated carbocycles. The minimum Gasteiger partial charge on any atom is -0.343 e. The number of benzene rings is 1. The summed E-state index contributed by atoms with van der Waals surface area (Å²) in [6.45, 7) is 4.40. The van der Waals surface area contributed by atoms with Crippen molar-refractivity contribution < 1.29 is 4.79 Å². The van der Waals surface area contributed by atoms with Gasteiger partial charge in [0, 0.05) is 38.6 Å². The van der Waals surface area contributed by atoms with Gasteiger partial charge in [0.15, 0.2) is 0 Å². The van der Waals surface area contributed by atoms with Gasteiger partial charge in [0.2, 0.25) is 5.91 Å². The maximum Gasteiger partial charge on any atom is 0.240 e. The first kappa shape index (κ1) is 16.8. The summed E-state index contributed by atoms with van der Waals surface area (Å²) in [4.78, 5) is 21.7. The lowest BCUT2D eigenvalue weighted by Crippen LogP contribution is -2.56. The molecular weight excluding hydrogens is 324 g/mol. The number of nitrogens with zero attached hydrogens (tertiary/aromatic N) is 4. The molecule has 26 heavy (non-hydrogen) atoms. The lowest BCUT2D eigenvalue weighted by molar-refractivity contribution is -0.140. The monoisotopic (exact) mass is 348 g/mol. The molecule has 3 aromatic rings. The third kappa shape index (κ3) is 3.22. The van der Waals surface area contributed by atoms with Gasteiger partial charge in [0.05, 0.1) is 11.7 Å². The van der Waals surface area contributed by atoms with Crippen molar-refractivity contribution in [3.8, 4) is 0 Å². The summed E-state index contributed by atoms with van der Waals surface area (Å²) in [6.07, 6.45) is 2.82. The molecule has 3 heterocycles. The first-order valence-corrected chi connectivity index (χ1v) is 9.08. The predicted octanol–water partition coefficient (Wildman–Crippen LogP) is 2.53. The van der Waals surface area contributed by atoms with Crippen LogP contribution in [-0.4, -0.2) is 51.3 Å².